The minimum atomic E-state index is -0.250. The van der Waals surface area contributed by atoms with Gasteiger partial charge in [0.1, 0.15) is 5.58 Å². The molecule has 0 saturated carbocycles. The first kappa shape index (κ1) is 16.4. The summed E-state index contributed by atoms with van der Waals surface area (Å²) in [6.07, 6.45) is 2.82. The molecule has 1 amide bonds. The van der Waals surface area contributed by atoms with Gasteiger partial charge in [0.15, 0.2) is 5.76 Å². The Kier molecular flexibility index (Phi) is 5.83. The highest BCUT2D eigenvalue weighted by molar-refractivity contribution is 6.31. The lowest BCUT2D eigenvalue weighted by Gasteiger charge is -2.03. The number of halogens is 1. The van der Waals surface area contributed by atoms with Gasteiger partial charge >= 0.3 is 5.97 Å². The molecule has 5 nitrogen and oxygen atoms in total. The van der Waals surface area contributed by atoms with Crippen molar-refractivity contribution in [3.05, 3.63) is 35.0 Å². The van der Waals surface area contributed by atoms with Crippen molar-refractivity contribution in [2.24, 2.45) is 0 Å². The molecule has 0 fully saturated rings. The maximum Gasteiger partial charge on any atom is 0.305 e. The van der Waals surface area contributed by atoms with E-state index in [1.165, 1.54) is 7.11 Å². The molecule has 0 atom stereocenters. The lowest BCUT2D eigenvalue weighted by molar-refractivity contribution is -0.140. The molecule has 0 saturated heterocycles. The summed E-state index contributed by atoms with van der Waals surface area (Å²) in [7, 11) is 1.38. The van der Waals surface area contributed by atoms with Crippen LogP contribution in [0.4, 0.5) is 0 Å². The quantitative estimate of drug-likeness (QED) is 0.625. The maximum atomic E-state index is 12.0. The largest absolute Gasteiger partial charge is 0.469 e. The van der Waals surface area contributed by atoms with Gasteiger partial charge in [-0.25, -0.2) is 0 Å². The molecule has 0 bridgehead atoms. The van der Waals surface area contributed by atoms with Crippen molar-refractivity contribution in [3.63, 3.8) is 0 Å². The molecule has 1 heterocycles. The first-order chi connectivity index (χ1) is 10.6. The Morgan fingerprint density at radius 2 is 2.05 bits per heavy atom. The van der Waals surface area contributed by atoms with Crippen LogP contribution in [-0.2, 0) is 9.53 Å². The number of hydrogen-bond donors (Lipinski definition) is 1. The third-order valence-electron chi connectivity index (χ3n) is 3.27. The van der Waals surface area contributed by atoms with Gasteiger partial charge in [-0.1, -0.05) is 18.0 Å². The van der Waals surface area contributed by atoms with E-state index < -0.39 is 0 Å². The number of furan rings is 1. The number of unbranched alkanes of at least 4 members (excludes halogenated alkanes) is 2. The predicted octanol–water partition coefficient (Wildman–Crippen LogP) is 3.55. The topological polar surface area (TPSA) is 68.5 Å². The fourth-order valence-electron chi connectivity index (χ4n) is 2.09. The van der Waals surface area contributed by atoms with E-state index in [0.717, 1.165) is 24.6 Å². The number of carbonyl (C=O) groups is 2. The van der Waals surface area contributed by atoms with E-state index >= 15 is 0 Å². The van der Waals surface area contributed by atoms with Gasteiger partial charge in [0.25, 0.3) is 5.91 Å². The van der Waals surface area contributed by atoms with Crippen LogP contribution in [0.3, 0.4) is 0 Å². The second kappa shape index (κ2) is 7.84. The number of ether oxygens (including phenoxy) is 1. The van der Waals surface area contributed by atoms with Crippen molar-refractivity contribution >= 4 is 34.4 Å². The van der Waals surface area contributed by atoms with Crippen LogP contribution in [0.1, 0.15) is 36.2 Å². The van der Waals surface area contributed by atoms with Crippen molar-refractivity contribution in [1.82, 2.24) is 5.32 Å². The van der Waals surface area contributed by atoms with Gasteiger partial charge < -0.3 is 14.5 Å². The Morgan fingerprint density at radius 3 is 2.82 bits per heavy atom. The second-order valence-corrected chi connectivity index (χ2v) is 5.37. The molecule has 0 aliphatic carbocycles. The molecular formula is C16H18ClNO4. The summed E-state index contributed by atoms with van der Waals surface area (Å²) in [5, 5.41) is 4.20. The summed E-state index contributed by atoms with van der Waals surface area (Å²) < 4.78 is 10.0. The SMILES string of the molecule is COC(=O)CCCCCNC(=O)c1cc2cc(Cl)ccc2o1. The van der Waals surface area contributed by atoms with E-state index in [0.29, 0.717) is 23.6 Å². The fraction of sp³-hybridized carbons (Fsp3) is 0.375. The molecule has 6 heteroatoms. The fourth-order valence-corrected chi connectivity index (χ4v) is 2.27. The van der Waals surface area contributed by atoms with Crippen molar-refractivity contribution in [3.8, 4) is 0 Å². The van der Waals surface area contributed by atoms with Crippen molar-refractivity contribution in [1.29, 1.82) is 0 Å². The summed E-state index contributed by atoms with van der Waals surface area (Å²) in [5.41, 5.74) is 0.632. The lowest BCUT2D eigenvalue weighted by Crippen LogP contribution is -2.23. The average molecular weight is 324 g/mol. The minimum Gasteiger partial charge on any atom is -0.469 e. The summed E-state index contributed by atoms with van der Waals surface area (Å²) in [4.78, 5) is 22.9. The smallest absolute Gasteiger partial charge is 0.305 e. The molecule has 2 aromatic rings. The van der Waals surface area contributed by atoms with Gasteiger partial charge in [0, 0.05) is 23.4 Å². The number of amides is 1. The van der Waals surface area contributed by atoms with E-state index in [1.54, 1.807) is 24.3 Å². The van der Waals surface area contributed by atoms with Crippen LogP contribution < -0.4 is 5.32 Å². The molecule has 2 rings (SSSR count). The third-order valence-corrected chi connectivity index (χ3v) is 3.51. The van der Waals surface area contributed by atoms with Crippen molar-refractivity contribution in [2.45, 2.75) is 25.7 Å². The monoisotopic (exact) mass is 323 g/mol. The number of fused-ring (bicyclic) bond motifs is 1. The Hall–Kier alpha value is -2.01. The van der Waals surface area contributed by atoms with Gasteiger partial charge in [-0.3, -0.25) is 9.59 Å². The van der Waals surface area contributed by atoms with E-state index in [4.69, 9.17) is 16.0 Å². The van der Waals surface area contributed by atoms with Crippen LogP contribution in [0.5, 0.6) is 0 Å². The number of rotatable bonds is 7. The standard InChI is InChI=1S/C16H18ClNO4/c1-21-15(19)5-3-2-4-8-18-16(20)14-10-11-9-12(17)6-7-13(11)22-14/h6-7,9-10H,2-5,8H2,1H3,(H,18,20). The van der Waals surface area contributed by atoms with E-state index in [1.807, 2.05) is 0 Å². The maximum absolute atomic E-state index is 12.0. The first-order valence-corrected chi connectivity index (χ1v) is 7.52. The van der Waals surface area contributed by atoms with E-state index in [9.17, 15) is 9.59 Å². The lowest BCUT2D eigenvalue weighted by atomic mass is 10.2. The zero-order valence-electron chi connectivity index (χ0n) is 12.4. The Bertz CT molecular complexity index is 665. The van der Waals surface area contributed by atoms with Crippen LogP contribution in [-0.4, -0.2) is 25.5 Å². The van der Waals surface area contributed by atoms with Crippen LogP contribution in [0.2, 0.25) is 5.02 Å². The third kappa shape index (κ3) is 4.49. The number of hydrogen-bond acceptors (Lipinski definition) is 4. The number of esters is 1. The molecule has 0 aliphatic rings. The molecule has 1 aromatic heterocycles. The van der Waals surface area contributed by atoms with Crippen molar-refractivity contribution < 1.29 is 18.7 Å². The Morgan fingerprint density at radius 1 is 1.23 bits per heavy atom. The normalized spacial score (nSPS) is 10.6. The zero-order chi connectivity index (χ0) is 15.9. The van der Waals surface area contributed by atoms with Gasteiger partial charge in [-0.15, -0.1) is 0 Å². The molecule has 1 aromatic carbocycles. The van der Waals surface area contributed by atoms with Gasteiger partial charge in [0.2, 0.25) is 0 Å². The molecule has 118 valence electrons. The molecule has 1 N–H and O–H groups in total. The molecule has 0 unspecified atom stereocenters. The van der Waals surface area contributed by atoms with E-state index in [-0.39, 0.29) is 17.6 Å². The van der Waals surface area contributed by atoms with Crippen LogP contribution >= 0.6 is 11.6 Å². The highest BCUT2D eigenvalue weighted by Crippen LogP contribution is 2.22. The molecule has 0 aliphatic heterocycles. The molecule has 0 radical (unpaired) electrons. The summed E-state index contributed by atoms with van der Waals surface area (Å²) in [6.45, 7) is 0.539. The Balaban J connectivity index is 1.75. The summed E-state index contributed by atoms with van der Waals surface area (Å²) in [6, 6.07) is 6.88. The number of methoxy groups -OCH3 is 1. The molecule has 22 heavy (non-hydrogen) atoms. The summed E-state index contributed by atoms with van der Waals surface area (Å²) in [5.74, 6) is -0.183. The second-order valence-electron chi connectivity index (χ2n) is 4.94. The van der Waals surface area contributed by atoms with Crippen molar-refractivity contribution in [2.75, 3.05) is 13.7 Å². The van der Waals surface area contributed by atoms with E-state index in [2.05, 4.69) is 10.1 Å². The highest BCUT2D eigenvalue weighted by atomic mass is 35.5. The number of carbonyl (C=O) groups excluding carboxylic acids is 2. The minimum absolute atomic E-state index is 0.204. The van der Waals surface area contributed by atoms with Gasteiger partial charge in [-0.2, -0.15) is 0 Å². The highest BCUT2D eigenvalue weighted by Gasteiger charge is 2.11. The summed E-state index contributed by atoms with van der Waals surface area (Å²) >= 11 is 5.90. The molecule has 0 spiro atoms. The molecular weight excluding hydrogens is 306 g/mol. The average Bonchev–Trinajstić information content (AvgIpc) is 2.93. The number of nitrogens with one attached hydrogen (secondary N) is 1. The Labute approximate surface area is 133 Å². The van der Waals surface area contributed by atoms with Gasteiger partial charge in [0.05, 0.1) is 7.11 Å². The van der Waals surface area contributed by atoms with Crippen LogP contribution in [0, 0.1) is 0 Å². The van der Waals surface area contributed by atoms with Crippen LogP contribution in [0.25, 0.3) is 11.0 Å². The van der Waals surface area contributed by atoms with Crippen LogP contribution in [0.15, 0.2) is 28.7 Å². The zero-order valence-corrected chi connectivity index (χ0v) is 13.1. The van der Waals surface area contributed by atoms with Gasteiger partial charge in [-0.05, 0) is 37.1 Å². The first-order valence-electron chi connectivity index (χ1n) is 7.14. The predicted molar refractivity (Wildman–Crippen MR) is 84.0 cm³/mol. The number of benzene rings is 1.